The second kappa shape index (κ2) is 8.44. The Morgan fingerprint density at radius 3 is 2.71 bits per heavy atom. The number of aromatic nitrogens is 1. The number of anilines is 1. The molecular weight excluding hydrogens is 302 g/mol. The van der Waals surface area contributed by atoms with Gasteiger partial charge in [-0.2, -0.15) is 0 Å². The minimum absolute atomic E-state index is 0.145. The van der Waals surface area contributed by atoms with Gasteiger partial charge >= 0.3 is 0 Å². The SMILES string of the molecule is NCC1CCCCC1NC(=O)CN1CCN(c2ccccn2)CC1. The molecule has 2 fully saturated rings. The molecule has 6 nitrogen and oxygen atoms in total. The Bertz CT molecular complexity index is 515. The van der Waals surface area contributed by atoms with E-state index in [1.165, 1.54) is 12.8 Å². The minimum atomic E-state index is 0.145. The lowest BCUT2D eigenvalue weighted by molar-refractivity contribution is -0.123. The van der Waals surface area contributed by atoms with E-state index in [4.69, 9.17) is 5.73 Å². The van der Waals surface area contributed by atoms with E-state index in [9.17, 15) is 4.79 Å². The van der Waals surface area contributed by atoms with E-state index in [0.29, 0.717) is 19.0 Å². The van der Waals surface area contributed by atoms with Gasteiger partial charge in [0.15, 0.2) is 0 Å². The molecule has 2 aliphatic rings. The molecule has 1 saturated carbocycles. The first-order chi connectivity index (χ1) is 11.8. The molecule has 6 heteroatoms. The van der Waals surface area contributed by atoms with Crippen LogP contribution in [0, 0.1) is 5.92 Å². The first-order valence-corrected chi connectivity index (χ1v) is 9.14. The van der Waals surface area contributed by atoms with E-state index < -0.39 is 0 Å². The number of nitrogens with two attached hydrogens (primary N) is 1. The highest BCUT2D eigenvalue weighted by molar-refractivity contribution is 5.78. The summed E-state index contributed by atoms with van der Waals surface area (Å²) in [6.07, 6.45) is 6.48. The number of hydrogen-bond acceptors (Lipinski definition) is 5. The van der Waals surface area contributed by atoms with Crippen LogP contribution < -0.4 is 16.0 Å². The van der Waals surface area contributed by atoms with Gasteiger partial charge in [0, 0.05) is 38.4 Å². The van der Waals surface area contributed by atoms with Gasteiger partial charge in [-0.1, -0.05) is 18.9 Å². The Morgan fingerprint density at radius 2 is 2.00 bits per heavy atom. The Labute approximate surface area is 144 Å². The van der Waals surface area contributed by atoms with Crippen LogP contribution in [0.1, 0.15) is 25.7 Å². The molecule has 3 rings (SSSR count). The zero-order valence-corrected chi connectivity index (χ0v) is 14.4. The second-order valence-electron chi connectivity index (χ2n) is 6.91. The summed E-state index contributed by atoms with van der Waals surface area (Å²) in [4.78, 5) is 21.3. The van der Waals surface area contributed by atoms with E-state index in [1.54, 1.807) is 0 Å². The number of nitrogens with one attached hydrogen (secondary N) is 1. The van der Waals surface area contributed by atoms with Crippen LogP contribution in [-0.2, 0) is 4.79 Å². The first kappa shape index (κ1) is 17.2. The minimum Gasteiger partial charge on any atom is -0.354 e. The number of pyridine rings is 1. The Morgan fingerprint density at radius 1 is 1.21 bits per heavy atom. The third-order valence-electron chi connectivity index (χ3n) is 5.27. The van der Waals surface area contributed by atoms with Gasteiger partial charge in [-0.05, 0) is 37.4 Å². The second-order valence-corrected chi connectivity index (χ2v) is 6.91. The molecule has 24 heavy (non-hydrogen) atoms. The Kier molecular flexibility index (Phi) is 6.04. The summed E-state index contributed by atoms with van der Waals surface area (Å²) in [5, 5.41) is 3.22. The third-order valence-corrected chi connectivity index (χ3v) is 5.27. The van der Waals surface area contributed by atoms with Crippen molar-refractivity contribution in [3.8, 4) is 0 Å². The van der Waals surface area contributed by atoms with Crippen LogP contribution in [0.15, 0.2) is 24.4 Å². The third kappa shape index (κ3) is 4.45. The number of carbonyl (C=O) groups is 1. The van der Waals surface area contributed by atoms with Gasteiger partial charge in [-0.25, -0.2) is 4.98 Å². The Balaban J connectivity index is 1.43. The normalized spacial score (nSPS) is 25.5. The molecule has 132 valence electrons. The van der Waals surface area contributed by atoms with Crippen molar-refractivity contribution in [3.63, 3.8) is 0 Å². The van der Waals surface area contributed by atoms with Crippen molar-refractivity contribution in [1.82, 2.24) is 15.2 Å². The van der Waals surface area contributed by atoms with E-state index in [2.05, 4.69) is 20.1 Å². The number of hydrogen-bond donors (Lipinski definition) is 2. The van der Waals surface area contributed by atoms with Crippen molar-refractivity contribution in [1.29, 1.82) is 0 Å². The van der Waals surface area contributed by atoms with Gasteiger partial charge in [0.05, 0.1) is 6.54 Å². The largest absolute Gasteiger partial charge is 0.354 e. The van der Waals surface area contributed by atoms with E-state index in [0.717, 1.165) is 44.8 Å². The molecule has 1 aliphatic heterocycles. The highest BCUT2D eigenvalue weighted by Crippen LogP contribution is 2.23. The molecule has 1 aliphatic carbocycles. The topological polar surface area (TPSA) is 74.5 Å². The van der Waals surface area contributed by atoms with Crippen LogP contribution in [0.4, 0.5) is 5.82 Å². The smallest absolute Gasteiger partial charge is 0.234 e. The average Bonchev–Trinajstić information content (AvgIpc) is 2.63. The van der Waals surface area contributed by atoms with Gasteiger partial charge in [0.1, 0.15) is 5.82 Å². The van der Waals surface area contributed by atoms with Gasteiger partial charge in [-0.15, -0.1) is 0 Å². The van der Waals surface area contributed by atoms with E-state index in [-0.39, 0.29) is 11.9 Å². The van der Waals surface area contributed by atoms with Crippen LogP contribution in [0.3, 0.4) is 0 Å². The van der Waals surface area contributed by atoms with Gasteiger partial charge in [0.2, 0.25) is 5.91 Å². The zero-order chi connectivity index (χ0) is 16.8. The summed E-state index contributed by atoms with van der Waals surface area (Å²) in [6.45, 7) is 4.79. The molecule has 1 aromatic heterocycles. The van der Waals surface area contributed by atoms with Crippen LogP contribution in [0.5, 0.6) is 0 Å². The predicted molar refractivity (Wildman–Crippen MR) is 95.8 cm³/mol. The molecule has 2 atom stereocenters. The van der Waals surface area contributed by atoms with Crippen LogP contribution in [0.25, 0.3) is 0 Å². The predicted octanol–water partition coefficient (Wildman–Crippen LogP) is 0.837. The lowest BCUT2D eigenvalue weighted by atomic mass is 9.84. The first-order valence-electron chi connectivity index (χ1n) is 9.14. The molecule has 3 N–H and O–H groups in total. The number of rotatable bonds is 5. The zero-order valence-electron chi connectivity index (χ0n) is 14.4. The lowest BCUT2D eigenvalue weighted by Crippen LogP contribution is -2.52. The molecule has 0 spiro atoms. The van der Waals surface area contributed by atoms with Crippen molar-refractivity contribution in [2.24, 2.45) is 11.7 Å². The summed E-state index contributed by atoms with van der Waals surface area (Å²) < 4.78 is 0. The van der Waals surface area contributed by atoms with Crippen molar-refractivity contribution in [2.75, 3.05) is 44.2 Å². The molecule has 1 saturated heterocycles. The Hall–Kier alpha value is -1.66. The highest BCUT2D eigenvalue weighted by atomic mass is 16.2. The summed E-state index contributed by atoms with van der Waals surface area (Å²) in [6, 6.07) is 6.26. The van der Waals surface area contributed by atoms with Crippen molar-refractivity contribution >= 4 is 11.7 Å². The van der Waals surface area contributed by atoms with Crippen molar-refractivity contribution in [3.05, 3.63) is 24.4 Å². The van der Waals surface area contributed by atoms with Crippen LogP contribution in [0.2, 0.25) is 0 Å². The summed E-state index contributed by atoms with van der Waals surface area (Å²) >= 11 is 0. The number of carbonyl (C=O) groups excluding carboxylic acids is 1. The molecule has 2 heterocycles. The van der Waals surface area contributed by atoms with Crippen molar-refractivity contribution < 1.29 is 4.79 Å². The fourth-order valence-corrected chi connectivity index (χ4v) is 3.81. The fraction of sp³-hybridized carbons (Fsp3) is 0.667. The quantitative estimate of drug-likeness (QED) is 0.836. The maximum absolute atomic E-state index is 12.4. The van der Waals surface area contributed by atoms with Gasteiger partial charge < -0.3 is 16.0 Å². The van der Waals surface area contributed by atoms with E-state index >= 15 is 0 Å². The average molecular weight is 331 g/mol. The van der Waals surface area contributed by atoms with E-state index in [1.807, 2.05) is 24.4 Å². The number of amides is 1. The lowest BCUT2D eigenvalue weighted by Gasteiger charge is -2.36. The molecule has 1 amide bonds. The maximum atomic E-state index is 12.4. The maximum Gasteiger partial charge on any atom is 0.234 e. The molecule has 0 bridgehead atoms. The summed E-state index contributed by atoms with van der Waals surface area (Å²) in [5.74, 6) is 1.62. The van der Waals surface area contributed by atoms with Crippen LogP contribution in [-0.4, -0.2) is 61.1 Å². The molecule has 0 aromatic carbocycles. The molecular formula is C18H29N5O. The molecule has 2 unspecified atom stereocenters. The monoisotopic (exact) mass is 331 g/mol. The van der Waals surface area contributed by atoms with Gasteiger partial charge in [0.25, 0.3) is 0 Å². The van der Waals surface area contributed by atoms with Gasteiger partial charge in [-0.3, -0.25) is 9.69 Å². The molecule has 0 radical (unpaired) electrons. The van der Waals surface area contributed by atoms with Crippen molar-refractivity contribution in [2.45, 2.75) is 31.7 Å². The fourth-order valence-electron chi connectivity index (χ4n) is 3.81. The summed E-state index contributed by atoms with van der Waals surface area (Å²) in [7, 11) is 0. The number of piperazine rings is 1. The molecule has 1 aromatic rings. The standard InChI is InChI=1S/C18H29N5O/c19-13-15-5-1-2-6-16(15)21-18(24)14-22-9-11-23(12-10-22)17-7-3-4-8-20-17/h3-4,7-8,15-16H,1-2,5-6,9-14,19H2,(H,21,24). The number of nitrogens with zero attached hydrogens (tertiary/aromatic N) is 3. The van der Waals surface area contributed by atoms with Crippen LogP contribution >= 0.6 is 0 Å². The summed E-state index contributed by atoms with van der Waals surface area (Å²) in [5.41, 5.74) is 5.85. The highest BCUT2D eigenvalue weighted by Gasteiger charge is 2.26.